The Bertz CT molecular complexity index is 497. The van der Waals surface area contributed by atoms with Gasteiger partial charge in [0.2, 0.25) is 10.0 Å². The molecule has 102 valence electrons. The van der Waals surface area contributed by atoms with E-state index < -0.39 is 10.0 Å². The van der Waals surface area contributed by atoms with Gasteiger partial charge in [-0.1, -0.05) is 25.4 Å². The molecule has 18 heavy (non-hydrogen) atoms. The van der Waals surface area contributed by atoms with Gasteiger partial charge in [-0.25, -0.2) is 8.42 Å². The third kappa shape index (κ3) is 3.37. The third-order valence-corrected chi connectivity index (χ3v) is 4.78. The van der Waals surface area contributed by atoms with Crippen molar-refractivity contribution in [3.63, 3.8) is 0 Å². The molecule has 0 aliphatic heterocycles. The number of nitrogens with zero attached hydrogens (tertiary/aromatic N) is 1. The molecule has 0 saturated heterocycles. The smallest absolute Gasteiger partial charge is 0.243 e. The first-order chi connectivity index (χ1) is 8.43. The Kier molecular flexibility index (Phi) is 5.44. The van der Waals surface area contributed by atoms with Crippen LogP contribution in [0, 0.1) is 0 Å². The zero-order valence-electron chi connectivity index (χ0n) is 10.7. The number of sulfonamides is 1. The molecule has 0 heterocycles. The predicted molar refractivity (Wildman–Crippen MR) is 75.2 cm³/mol. The maximum atomic E-state index is 12.4. The van der Waals surface area contributed by atoms with Crippen LogP contribution >= 0.6 is 11.6 Å². The van der Waals surface area contributed by atoms with Gasteiger partial charge in [0.1, 0.15) is 0 Å². The van der Waals surface area contributed by atoms with E-state index in [-0.39, 0.29) is 9.92 Å². The van der Waals surface area contributed by atoms with Gasteiger partial charge in [-0.05, 0) is 31.0 Å². The highest BCUT2D eigenvalue weighted by atomic mass is 35.5. The van der Waals surface area contributed by atoms with E-state index in [0.717, 1.165) is 12.8 Å². The van der Waals surface area contributed by atoms with Crippen molar-refractivity contribution in [3.8, 4) is 0 Å². The van der Waals surface area contributed by atoms with Crippen LogP contribution < -0.4 is 5.73 Å². The fourth-order valence-corrected chi connectivity index (χ4v) is 3.56. The SMILES string of the molecule is CCCN(CCC)S(=O)(=O)c1ccc(N)c(Cl)c1. The van der Waals surface area contributed by atoms with Gasteiger partial charge >= 0.3 is 0 Å². The molecular formula is C12H19ClN2O2S. The van der Waals surface area contributed by atoms with Gasteiger partial charge < -0.3 is 5.73 Å². The Hall–Kier alpha value is -0.780. The molecule has 1 aromatic carbocycles. The van der Waals surface area contributed by atoms with Gasteiger partial charge in [0.15, 0.2) is 0 Å². The van der Waals surface area contributed by atoms with Crippen LogP contribution in [0.25, 0.3) is 0 Å². The van der Waals surface area contributed by atoms with E-state index in [0.29, 0.717) is 18.8 Å². The molecule has 0 amide bonds. The van der Waals surface area contributed by atoms with Crippen molar-refractivity contribution < 1.29 is 8.42 Å². The fraction of sp³-hybridized carbons (Fsp3) is 0.500. The highest BCUT2D eigenvalue weighted by molar-refractivity contribution is 7.89. The molecule has 0 spiro atoms. The van der Waals surface area contributed by atoms with Gasteiger partial charge in [-0.3, -0.25) is 0 Å². The second-order valence-corrected chi connectivity index (χ2v) is 6.43. The van der Waals surface area contributed by atoms with Crippen LogP contribution in [-0.4, -0.2) is 25.8 Å². The lowest BCUT2D eigenvalue weighted by molar-refractivity contribution is 0.410. The summed E-state index contributed by atoms with van der Waals surface area (Å²) >= 11 is 5.87. The van der Waals surface area contributed by atoms with Crippen molar-refractivity contribution in [2.75, 3.05) is 18.8 Å². The van der Waals surface area contributed by atoms with Crippen molar-refractivity contribution in [2.24, 2.45) is 0 Å². The van der Waals surface area contributed by atoms with E-state index in [1.807, 2.05) is 13.8 Å². The summed E-state index contributed by atoms with van der Waals surface area (Å²) in [7, 11) is -3.47. The molecule has 1 rings (SSSR count). The number of hydrogen-bond acceptors (Lipinski definition) is 3. The minimum atomic E-state index is -3.47. The minimum absolute atomic E-state index is 0.198. The molecule has 0 aromatic heterocycles. The Morgan fingerprint density at radius 3 is 2.22 bits per heavy atom. The Labute approximate surface area is 114 Å². The van der Waals surface area contributed by atoms with Crippen LogP contribution in [0.4, 0.5) is 5.69 Å². The maximum absolute atomic E-state index is 12.4. The number of rotatable bonds is 6. The lowest BCUT2D eigenvalue weighted by Gasteiger charge is -2.21. The van der Waals surface area contributed by atoms with E-state index in [9.17, 15) is 8.42 Å². The number of benzene rings is 1. The first-order valence-corrected chi connectivity index (χ1v) is 7.80. The van der Waals surface area contributed by atoms with E-state index >= 15 is 0 Å². The van der Waals surface area contributed by atoms with Crippen LogP contribution in [0.3, 0.4) is 0 Å². The highest BCUT2D eigenvalue weighted by Crippen LogP contribution is 2.24. The monoisotopic (exact) mass is 290 g/mol. The summed E-state index contributed by atoms with van der Waals surface area (Å²) in [6.45, 7) is 4.93. The van der Waals surface area contributed by atoms with E-state index in [2.05, 4.69) is 0 Å². The molecule has 0 radical (unpaired) electrons. The van der Waals surface area contributed by atoms with Crippen molar-refractivity contribution in [2.45, 2.75) is 31.6 Å². The normalized spacial score (nSPS) is 12.0. The molecule has 6 heteroatoms. The van der Waals surface area contributed by atoms with E-state index in [1.54, 1.807) is 0 Å². The number of anilines is 1. The average molecular weight is 291 g/mol. The summed E-state index contributed by atoms with van der Waals surface area (Å²) in [5.74, 6) is 0. The fourth-order valence-electron chi connectivity index (χ4n) is 1.67. The van der Waals surface area contributed by atoms with Crippen molar-refractivity contribution >= 4 is 27.3 Å². The van der Waals surface area contributed by atoms with Crippen molar-refractivity contribution in [1.29, 1.82) is 0 Å². The quantitative estimate of drug-likeness (QED) is 0.819. The first kappa shape index (κ1) is 15.3. The summed E-state index contributed by atoms with van der Waals surface area (Å²) in [6, 6.07) is 4.42. The molecule has 2 N–H and O–H groups in total. The molecule has 4 nitrogen and oxygen atoms in total. The first-order valence-electron chi connectivity index (χ1n) is 5.98. The second kappa shape index (κ2) is 6.41. The van der Waals surface area contributed by atoms with Crippen molar-refractivity contribution in [1.82, 2.24) is 4.31 Å². The molecule has 0 saturated carbocycles. The molecule has 0 bridgehead atoms. The molecule has 0 atom stereocenters. The Morgan fingerprint density at radius 2 is 1.78 bits per heavy atom. The molecule has 0 aliphatic rings. The van der Waals surface area contributed by atoms with Gasteiger partial charge in [0.05, 0.1) is 15.6 Å². The predicted octanol–water partition coefficient (Wildman–Crippen LogP) is 2.73. The largest absolute Gasteiger partial charge is 0.398 e. The van der Waals surface area contributed by atoms with Gasteiger partial charge in [0.25, 0.3) is 0 Å². The van der Waals surface area contributed by atoms with Crippen LogP contribution in [0.15, 0.2) is 23.1 Å². The summed E-state index contributed by atoms with van der Waals surface area (Å²) in [6.07, 6.45) is 1.56. The highest BCUT2D eigenvalue weighted by Gasteiger charge is 2.23. The van der Waals surface area contributed by atoms with Crippen molar-refractivity contribution in [3.05, 3.63) is 23.2 Å². The Morgan fingerprint density at radius 1 is 1.22 bits per heavy atom. The number of nitrogens with two attached hydrogens (primary N) is 1. The van der Waals surface area contributed by atoms with E-state index in [4.69, 9.17) is 17.3 Å². The summed E-state index contributed by atoms with van der Waals surface area (Å²) in [4.78, 5) is 0.198. The zero-order chi connectivity index (χ0) is 13.8. The number of nitrogen functional groups attached to an aromatic ring is 1. The molecular weight excluding hydrogens is 272 g/mol. The van der Waals surface area contributed by atoms with Gasteiger partial charge in [-0.2, -0.15) is 4.31 Å². The second-order valence-electron chi connectivity index (χ2n) is 4.09. The molecule has 0 fully saturated rings. The molecule has 0 aliphatic carbocycles. The van der Waals surface area contributed by atoms with Crippen LogP contribution in [0.1, 0.15) is 26.7 Å². The lowest BCUT2D eigenvalue weighted by Crippen LogP contribution is -2.32. The van der Waals surface area contributed by atoms with E-state index in [1.165, 1.54) is 22.5 Å². The summed E-state index contributed by atoms with van der Waals surface area (Å²) in [5.41, 5.74) is 5.97. The minimum Gasteiger partial charge on any atom is -0.398 e. The summed E-state index contributed by atoms with van der Waals surface area (Å²) in [5, 5.41) is 0.268. The van der Waals surface area contributed by atoms with Crippen LogP contribution in [0.5, 0.6) is 0 Å². The molecule has 0 unspecified atom stereocenters. The topological polar surface area (TPSA) is 63.4 Å². The Balaban J connectivity index is 3.13. The number of halogens is 1. The number of hydrogen-bond donors (Lipinski definition) is 1. The third-order valence-electron chi connectivity index (χ3n) is 2.56. The lowest BCUT2D eigenvalue weighted by atomic mass is 10.3. The van der Waals surface area contributed by atoms with Gasteiger partial charge in [0, 0.05) is 13.1 Å². The standard InChI is InChI=1S/C12H19ClN2O2S/c1-3-7-15(8-4-2)18(16,17)10-5-6-12(14)11(13)9-10/h5-6,9H,3-4,7-8,14H2,1-2H3. The zero-order valence-corrected chi connectivity index (χ0v) is 12.3. The van der Waals surface area contributed by atoms with Crippen LogP contribution in [0.2, 0.25) is 5.02 Å². The van der Waals surface area contributed by atoms with Crippen LogP contribution in [-0.2, 0) is 10.0 Å². The maximum Gasteiger partial charge on any atom is 0.243 e. The average Bonchev–Trinajstić information content (AvgIpc) is 2.32. The summed E-state index contributed by atoms with van der Waals surface area (Å²) < 4.78 is 26.3. The molecule has 1 aromatic rings. The van der Waals surface area contributed by atoms with Gasteiger partial charge in [-0.15, -0.1) is 0 Å².